The Morgan fingerprint density at radius 3 is 2.44 bits per heavy atom. The molecule has 2 aliphatic rings. The molecular weight excluding hydrogens is 206 g/mol. The summed E-state index contributed by atoms with van der Waals surface area (Å²) in [5.74, 6) is 0.713. The van der Waals surface area contributed by atoms with Crippen molar-refractivity contribution in [3.05, 3.63) is 0 Å². The van der Waals surface area contributed by atoms with Crippen LogP contribution in [0, 0.1) is 11.3 Å². The third-order valence-corrected chi connectivity index (χ3v) is 3.96. The number of ether oxygens (including phenoxy) is 1. The molecule has 16 heavy (non-hydrogen) atoms. The van der Waals surface area contributed by atoms with Crippen LogP contribution in [0.25, 0.3) is 0 Å². The SMILES string of the molecule is CC1(C)CC1COC1CCN(C(=O)O)CC1. The van der Waals surface area contributed by atoms with Gasteiger partial charge in [-0.25, -0.2) is 4.79 Å². The fourth-order valence-corrected chi connectivity index (χ4v) is 2.33. The maximum Gasteiger partial charge on any atom is 0.407 e. The Morgan fingerprint density at radius 1 is 1.44 bits per heavy atom. The van der Waals surface area contributed by atoms with Gasteiger partial charge >= 0.3 is 6.09 Å². The van der Waals surface area contributed by atoms with E-state index in [1.165, 1.54) is 11.3 Å². The maximum atomic E-state index is 10.7. The van der Waals surface area contributed by atoms with Gasteiger partial charge in [-0.2, -0.15) is 0 Å². The zero-order chi connectivity index (χ0) is 11.8. The summed E-state index contributed by atoms with van der Waals surface area (Å²) in [6.07, 6.45) is 2.42. The second-order valence-corrected chi connectivity index (χ2v) is 5.69. The topological polar surface area (TPSA) is 49.8 Å². The van der Waals surface area contributed by atoms with Crippen molar-refractivity contribution < 1.29 is 14.6 Å². The van der Waals surface area contributed by atoms with Crippen molar-refractivity contribution >= 4 is 6.09 Å². The number of nitrogens with zero attached hydrogens (tertiary/aromatic N) is 1. The van der Waals surface area contributed by atoms with Crippen molar-refractivity contribution in [1.29, 1.82) is 0 Å². The van der Waals surface area contributed by atoms with Crippen molar-refractivity contribution in [3.8, 4) is 0 Å². The molecule has 92 valence electrons. The second kappa shape index (κ2) is 4.24. The highest BCUT2D eigenvalue weighted by Crippen LogP contribution is 2.51. The molecule has 1 saturated heterocycles. The largest absolute Gasteiger partial charge is 0.465 e. The first-order valence-corrected chi connectivity index (χ1v) is 6.08. The van der Waals surface area contributed by atoms with Crippen LogP contribution in [0.4, 0.5) is 4.79 Å². The van der Waals surface area contributed by atoms with Crippen molar-refractivity contribution in [2.24, 2.45) is 11.3 Å². The molecule has 0 bridgehead atoms. The monoisotopic (exact) mass is 227 g/mol. The predicted octanol–water partition coefficient (Wildman–Crippen LogP) is 2.19. The van der Waals surface area contributed by atoms with Crippen LogP contribution in [-0.2, 0) is 4.74 Å². The van der Waals surface area contributed by atoms with Crippen molar-refractivity contribution in [2.75, 3.05) is 19.7 Å². The van der Waals surface area contributed by atoms with Crippen LogP contribution in [0.15, 0.2) is 0 Å². The molecule has 1 N–H and O–H groups in total. The van der Waals surface area contributed by atoms with Gasteiger partial charge < -0.3 is 14.7 Å². The summed E-state index contributed by atoms with van der Waals surface area (Å²) >= 11 is 0. The van der Waals surface area contributed by atoms with E-state index in [2.05, 4.69) is 13.8 Å². The predicted molar refractivity (Wildman–Crippen MR) is 60.5 cm³/mol. The molecule has 2 fully saturated rings. The summed E-state index contributed by atoms with van der Waals surface area (Å²) in [5.41, 5.74) is 0.474. The Hall–Kier alpha value is -0.770. The van der Waals surface area contributed by atoms with Gasteiger partial charge in [-0.1, -0.05) is 13.8 Å². The zero-order valence-corrected chi connectivity index (χ0v) is 10.1. The Labute approximate surface area is 96.6 Å². The molecule has 0 aromatic heterocycles. The van der Waals surface area contributed by atoms with Gasteiger partial charge in [0.05, 0.1) is 12.7 Å². The van der Waals surface area contributed by atoms with Gasteiger partial charge in [0.15, 0.2) is 0 Å². The summed E-state index contributed by atoms with van der Waals surface area (Å²) < 4.78 is 5.85. The number of hydrogen-bond donors (Lipinski definition) is 1. The lowest BCUT2D eigenvalue weighted by atomic mass is 10.1. The Balaban J connectivity index is 1.64. The molecule has 1 heterocycles. The number of carbonyl (C=O) groups is 1. The van der Waals surface area contributed by atoms with Gasteiger partial charge in [0.25, 0.3) is 0 Å². The van der Waals surface area contributed by atoms with E-state index in [4.69, 9.17) is 9.84 Å². The molecular formula is C12H21NO3. The van der Waals surface area contributed by atoms with Gasteiger partial charge in [0, 0.05) is 13.1 Å². The Morgan fingerprint density at radius 2 is 2.00 bits per heavy atom. The van der Waals surface area contributed by atoms with Crippen LogP contribution in [0.1, 0.15) is 33.1 Å². The number of carboxylic acid groups (broad SMARTS) is 1. The Bertz CT molecular complexity index is 269. The van der Waals surface area contributed by atoms with E-state index in [1.807, 2.05) is 0 Å². The van der Waals surface area contributed by atoms with Gasteiger partial charge in [0.1, 0.15) is 0 Å². The summed E-state index contributed by atoms with van der Waals surface area (Å²) in [4.78, 5) is 12.2. The molecule has 0 aromatic carbocycles. The lowest BCUT2D eigenvalue weighted by molar-refractivity contribution is 0.00187. The molecule has 0 radical (unpaired) electrons. The number of hydrogen-bond acceptors (Lipinski definition) is 2. The van der Waals surface area contributed by atoms with E-state index >= 15 is 0 Å². The summed E-state index contributed by atoms with van der Waals surface area (Å²) in [5, 5.41) is 8.81. The maximum absolute atomic E-state index is 10.7. The van der Waals surface area contributed by atoms with Crippen LogP contribution in [0.3, 0.4) is 0 Å². The summed E-state index contributed by atoms with van der Waals surface area (Å²) in [6, 6.07) is 0. The minimum atomic E-state index is -0.804. The second-order valence-electron chi connectivity index (χ2n) is 5.69. The van der Waals surface area contributed by atoms with Gasteiger partial charge in [-0.3, -0.25) is 0 Å². The van der Waals surface area contributed by atoms with Crippen molar-refractivity contribution in [2.45, 2.75) is 39.2 Å². The first-order valence-electron chi connectivity index (χ1n) is 6.08. The van der Waals surface area contributed by atoms with Crippen LogP contribution >= 0.6 is 0 Å². The zero-order valence-electron chi connectivity index (χ0n) is 10.1. The number of rotatable bonds is 3. The van der Waals surface area contributed by atoms with Crippen LogP contribution < -0.4 is 0 Å². The molecule has 0 aromatic rings. The quantitative estimate of drug-likeness (QED) is 0.804. The van der Waals surface area contributed by atoms with Crippen LogP contribution in [0.5, 0.6) is 0 Å². The van der Waals surface area contributed by atoms with Gasteiger partial charge in [-0.15, -0.1) is 0 Å². The number of likely N-dealkylation sites (tertiary alicyclic amines) is 1. The molecule has 1 aliphatic heterocycles. The normalized spacial score (nSPS) is 29.1. The third-order valence-electron chi connectivity index (χ3n) is 3.96. The molecule has 4 heteroatoms. The average Bonchev–Trinajstić information content (AvgIpc) is 2.84. The van der Waals surface area contributed by atoms with Gasteiger partial charge in [0.2, 0.25) is 0 Å². The van der Waals surface area contributed by atoms with Gasteiger partial charge in [-0.05, 0) is 30.6 Å². The molecule has 0 spiro atoms. The summed E-state index contributed by atoms with van der Waals surface area (Å²) in [6.45, 7) is 6.63. The minimum Gasteiger partial charge on any atom is -0.465 e. The lowest BCUT2D eigenvalue weighted by Gasteiger charge is -2.30. The minimum absolute atomic E-state index is 0.270. The van der Waals surface area contributed by atoms with E-state index < -0.39 is 6.09 Å². The average molecular weight is 227 g/mol. The van der Waals surface area contributed by atoms with Crippen LogP contribution in [-0.4, -0.2) is 41.9 Å². The van der Waals surface area contributed by atoms with Crippen molar-refractivity contribution in [1.82, 2.24) is 4.90 Å². The molecule has 2 rings (SSSR count). The standard InChI is InChI=1S/C12H21NO3/c1-12(2)7-9(12)8-16-10-3-5-13(6-4-10)11(14)15/h9-10H,3-8H2,1-2H3,(H,14,15). The molecule has 1 amide bonds. The first kappa shape index (κ1) is 11.7. The molecule has 4 nitrogen and oxygen atoms in total. The van der Waals surface area contributed by atoms with E-state index in [1.54, 1.807) is 0 Å². The number of amides is 1. The van der Waals surface area contributed by atoms with E-state index in [-0.39, 0.29) is 6.10 Å². The molecule has 1 aliphatic carbocycles. The molecule has 1 atom stereocenters. The summed E-state index contributed by atoms with van der Waals surface area (Å²) in [7, 11) is 0. The first-order chi connectivity index (χ1) is 7.49. The fourth-order valence-electron chi connectivity index (χ4n) is 2.33. The highest BCUT2D eigenvalue weighted by atomic mass is 16.5. The smallest absolute Gasteiger partial charge is 0.407 e. The fraction of sp³-hybridized carbons (Fsp3) is 0.917. The highest BCUT2D eigenvalue weighted by molar-refractivity contribution is 5.64. The highest BCUT2D eigenvalue weighted by Gasteiger charge is 2.45. The van der Waals surface area contributed by atoms with E-state index in [0.29, 0.717) is 24.4 Å². The molecule has 1 unspecified atom stereocenters. The van der Waals surface area contributed by atoms with Crippen molar-refractivity contribution in [3.63, 3.8) is 0 Å². The number of piperidine rings is 1. The lowest BCUT2D eigenvalue weighted by Crippen LogP contribution is -2.40. The van der Waals surface area contributed by atoms with E-state index in [0.717, 1.165) is 19.4 Å². The molecule has 1 saturated carbocycles. The Kier molecular flexibility index (Phi) is 3.10. The van der Waals surface area contributed by atoms with Crippen LogP contribution in [0.2, 0.25) is 0 Å². The van der Waals surface area contributed by atoms with E-state index in [9.17, 15) is 4.79 Å². The third kappa shape index (κ3) is 2.67.